The largest absolute Gasteiger partial charge is 0.371 e. The van der Waals surface area contributed by atoms with E-state index in [2.05, 4.69) is 10.2 Å². The van der Waals surface area contributed by atoms with Crippen molar-refractivity contribution < 1.29 is 14.5 Å². The van der Waals surface area contributed by atoms with E-state index in [1.807, 2.05) is 13.8 Å². The maximum absolute atomic E-state index is 13.0. The van der Waals surface area contributed by atoms with E-state index < -0.39 is 10.8 Å². The maximum atomic E-state index is 13.0. The van der Waals surface area contributed by atoms with Crippen molar-refractivity contribution in [3.63, 3.8) is 0 Å². The number of benzene rings is 2. The van der Waals surface area contributed by atoms with Crippen molar-refractivity contribution in [3.05, 3.63) is 63.7 Å². The second-order valence-electron chi connectivity index (χ2n) is 7.16. The normalized spacial score (nSPS) is 13.2. The Morgan fingerprint density at radius 1 is 1.07 bits per heavy atom. The van der Waals surface area contributed by atoms with Crippen LogP contribution in [0, 0.1) is 10.1 Å². The molecule has 2 amide bonds. The first kappa shape index (κ1) is 21.3. The minimum absolute atomic E-state index is 0.0621. The lowest BCUT2D eigenvalue weighted by atomic mass is 10.1. The lowest BCUT2D eigenvalue weighted by molar-refractivity contribution is -0.384. The van der Waals surface area contributed by atoms with Crippen molar-refractivity contribution in [2.45, 2.75) is 26.7 Å². The third-order valence-corrected chi connectivity index (χ3v) is 5.32. The second kappa shape index (κ2) is 9.39. The summed E-state index contributed by atoms with van der Waals surface area (Å²) in [6, 6.07) is 11.1. The number of hydrogen-bond donors (Lipinski definition) is 1. The van der Waals surface area contributed by atoms with E-state index in [9.17, 15) is 19.7 Å². The number of hydrogen-bond acceptors (Lipinski definition) is 5. The number of nitro benzene ring substituents is 1. The number of rotatable bonds is 7. The fraction of sp³-hybridized carbons (Fsp3) is 0.364. The van der Waals surface area contributed by atoms with Gasteiger partial charge < -0.3 is 15.1 Å². The molecule has 1 heterocycles. The van der Waals surface area contributed by atoms with E-state index in [0.717, 1.165) is 25.9 Å². The molecule has 1 aliphatic rings. The van der Waals surface area contributed by atoms with Crippen LogP contribution in [0.4, 0.5) is 17.1 Å². The number of anilines is 2. The Bertz CT molecular complexity index is 933. The van der Waals surface area contributed by atoms with Crippen LogP contribution in [-0.4, -0.2) is 47.8 Å². The Balaban J connectivity index is 1.82. The highest BCUT2D eigenvalue weighted by Gasteiger charge is 2.23. The Morgan fingerprint density at radius 3 is 2.27 bits per heavy atom. The van der Waals surface area contributed by atoms with Crippen molar-refractivity contribution in [2.75, 3.05) is 36.4 Å². The van der Waals surface area contributed by atoms with E-state index in [4.69, 9.17) is 0 Å². The van der Waals surface area contributed by atoms with Gasteiger partial charge in [-0.2, -0.15) is 0 Å². The Hall–Kier alpha value is -3.42. The molecule has 0 spiro atoms. The molecule has 1 fully saturated rings. The summed E-state index contributed by atoms with van der Waals surface area (Å²) in [7, 11) is 0. The van der Waals surface area contributed by atoms with Crippen LogP contribution in [0.3, 0.4) is 0 Å². The predicted octanol–water partition coefficient (Wildman–Crippen LogP) is 3.93. The molecule has 1 N–H and O–H groups in total. The maximum Gasteiger partial charge on any atom is 0.270 e. The highest BCUT2D eigenvalue weighted by atomic mass is 16.6. The Labute approximate surface area is 175 Å². The topological polar surface area (TPSA) is 95.8 Å². The summed E-state index contributed by atoms with van der Waals surface area (Å²) in [5.74, 6) is -0.476. The molecule has 1 aliphatic heterocycles. The average molecular weight is 410 g/mol. The van der Waals surface area contributed by atoms with Gasteiger partial charge in [0.2, 0.25) is 0 Å². The molecule has 1 saturated heterocycles. The van der Waals surface area contributed by atoms with Crippen molar-refractivity contribution in [3.8, 4) is 0 Å². The number of amides is 2. The molecule has 30 heavy (non-hydrogen) atoms. The third kappa shape index (κ3) is 4.59. The third-order valence-electron chi connectivity index (χ3n) is 5.32. The van der Waals surface area contributed by atoms with Crippen LogP contribution in [-0.2, 0) is 0 Å². The Morgan fingerprint density at radius 2 is 1.70 bits per heavy atom. The van der Waals surface area contributed by atoms with Crippen molar-refractivity contribution in [2.24, 2.45) is 0 Å². The van der Waals surface area contributed by atoms with Gasteiger partial charge in [0.25, 0.3) is 17.5 Å². The summed E-state index contributed by atoms with van der Waals surface area (Å²) in [5.41, 5.74) is 1.92. The van der Waals surface area contributed by atoms with Crippen molar-refractivity contribution in [1.29, 1.82) is 0 Å². The standard InChI is InChI=1S/C22H26N4O4/c1-3-24(4-2)22(28)16-7-9-17(10-8-16)23-21(27)19-15-18(26(29)30)11-12-20(19)25-13-5-6-14-25/h7-12,15H,3-6,13-14H2,1-2H3,(H,23,27). The number of nitrogens with one attached hydrogen (secondary N) is 1. The zero-order valence-electron chi connectivity index (χ0n) is 17.3. The molecule has 0 bridgehead atoms. The van der Waals surface area contributed by atoms with Gasteiger partial charge in [-0.1, -0.05) is 0 Å². The molecule has 3 rings (SSSR count). The Kier molecular flexibility index (Phi) is 6.66. The highest BCUT2D eigenvalue weighted by Crippen LogP contribution is 2.29. The molecule has 0 saturated carbocycles. The lowest BCUT2D eigenvalue weighted by Crippen LogP contribution is -2.30. The van der Waals surface area contributed by atoms with Gasteiger partial charge in [-0.05, 0) is 57.0 Å². The second-order valence-corrected chi connectivity index (χ2v) is 7.16. The molecular formula is C22H26N4O4. The van der Waals surface area contributed by atoms with E-state index >= 15 is 0 Å². The van der Waals surface area contributed by atoms with Gasteiger partial charge in [0.1, 0.15) is 0 Å². The van der Waals surface area contributed by atoms with Crippen LogP contribution in [0.1, 0.15) is 47.4 Å². The zero-order chi connectivity index (χ0) is 21.7. The van der Waals surface area contributed by atoms with Gasteiger partial charge in [0.15, 0.2) is 0 Å². The van der Waals surface area contributed by atoms with Crippen LogP contribution in [0.15, 0.2) is 42.5 Å². The number of nitrogens with zero attached hydrogens (tertiary/aromatic N) is 3. The first-order valence-electron chi connectivity index (χ1n) is 10.2. The molecule has 0 unspecified atom stereocenters. The van der Waals surface area contributed by atoms with Crippen molar-refractivity contribution >= 4 is 28.9 Å². The van der Waals surface area contributed by atoms with Crippen LogP contribution in [0.2, 0.25) is 0 Å². The van der Waals surface area contributed by atoms with Gasteiger partial charge in [-0.15, -0.1) is 0 Å². The quantitative estimate of drug-likeness (QED) is 0.551. The molecule has 0 radical (unpaired) electrons. The monoisotopic (exact) mass is 410 g/mol. The summed E-state index contributed by atoms with van der Waals surface area (Å²) in [6.07, 6.45) is 2.06. The SMILES string of the molecule is CCN(CC)C(=O)c1ccc(NC(=O)c2cc([N+](=O)[O-])ccc2N2CCCC2)cc1. The molecule has 8 heteroatoms. The summed E-state index contributed by atoms with van der Waals surface area (Å²) in [5, 5.41) is 14.0. The fourth-order valence-corrected chi connectivity index (χ4v) is 3.64. The molecule has 0 aromatic heterocycles. The summed E-state index contributed by atoms with van der Waals surface area (Å²) in [6.45, 7) is 6.74. The van der Waals surface area contributed by atoms with Crippen molar-refractivity contribution in [1.82, 2.24) is 4.90 Å². The smallest absolute Gasteiger partial charge is 0.270 e. The van der Waals surface area contributed by atoms with E-state index in [1.54, 1.807) is 35.2 Å². The van der Waals surface area contributed by atoms with E-state index in [1.165, 1.54) is 12.1 Å². The first-order valence-corrected chi connectivity index (χ1v) is 10.2. The highest BCUT2D eigenvalue weighted by molar-refractivity contribution is 6.08. The number of carbonyl (C=O) groups is 2. The van der Waals surface area contributed by atoms with Crippen LogP contribution in [0.5, 0.6) is 0 Å². The van der Waals surface area contributed by atoms with Gasteiger partial charge in [-0.25, -0.2) is 0 Å². The minimum atomic E-state index is -0.502. The van der Waals surface area contributed by atoms with Gasteiger partial charge >= 0.3 is 0 Å². The fourth-order valence-electron chi connectivity index (χ4n) is 3.64. The molecule has 0 aliphatic carbocycles. The zero-order valence-corrected chi connectivity index (χ0v) is 17.3. The molecule has 2 aromatic rings. The summed E-state index contributed by atoms with van der Waals surface area (Å²) < 4.78 is 0. The predicted molar refractivity (Wildman–Crippen MR) is 116 cm³/mol. The molecule has 2 aromatic carbocycles. The molecule has 0 atom stereocenters. The van der Waals surface area contributed by atoms with Gasteiger partial charge in [-0.3, -0.25) is 19.7 Å². The van der Waals surface area contributed by atoms with E-state index in [0.29, 0.717) is 30.0 Å². The van der Waals surface area contributed by atoms with Crippen LogP contribution < -0.4 is 10.2 Å². The van der Waals surface area contributed by atoms with Gasteiger partial charge in [0.05, 0.1) is 16.2 Å². The number of carbonyl (C=O) groups excluding carboxylic acids is 2. The van der Waals surface area contributed by atoms with Gasteiger partial charge in [0, 0.05) is 49.6 Å². The number of non-ortho nitro benzene ring substituents is 1. The first-order chi connectivity index (χ1) is 14.4. The molecule has 8 nitrogen and oxygen atoms in total. The van der Waals surface area contributed by atoms with Crippen LogP contribution in [0.25, 0.3) is 0 Å². The average Bonchev–Trinajstić information content (AvgIpc) is 3.29. The number of nitro groups is 1. The minimum Gasteiger partial charge on any atom is -0.371 e. The van der Waals surface area contributed by atoms with E-state index in [-0.39, 0.29) is 17.2 Å². The summed E-state index contributed by atoms with van der Waals surface area (Å²) in [4.78, 5) is 39.9. The molecular weight excluding hydrogens is 384 g/mol. The van der Waals surface area contributed by atoms with Crippen LogP contribution >= 0.6 is 0 Å². The lowest BCUT2D eigenvalue weighted by Gasteiger charge is -2.21. The summed E-state index contributed by atoms with van der Waals surface area (Å²) >= 11 is 0. The molecule has 158 valence electrons.